The van der Waals surface area contributed by atoms with E-state index in [0.29, 0.717) is 0 Å². The van der Waals surface area contributed by atoms with Crippen LogP contribution in [0.25, 0.3) is 11.1 Å². The normalized spacial score (nSPS) is 28.8. The molecule has 3 aliphatic heterocycles. The second-order valence-electron chi connectivity index (χ2n) is 9.62. The Balaban J connectivity index is 1.70. The van der Waals surface area contributed by atoms with Gasteiger partial charge in [0.15, 0.2) is 5.84 Å². The Morgan fingerprint density at radius 2 is 1.76 bits per heavy atom. The van der Waals surface area contributed by atoms with Crippen LogP contribution in [0.15, 0.2) is 35.4 Å². The monoisotopic (exact) mass is 389 g/mol. The van der Waals surface area contributed by atoms with E-state index in [0.717, 1.165) is 35.5 Å². The highest BCUT2D eigenvalue weighted by molar-refractivity contribution is 6.21. The fraction of sp³-hybridized carbons (Fsp3) is 0.480. The lowest BCUT2D eigenvalue weighted by atomic mass is 9.74. The first-order valence-electron chi connectivity index (χ1n) is 11.0. The van der Waals surface area contributed by atoms with Crippen molar-refractivity contribution >= 4 is 11.5 Å². The van der Waals surface area contributed by atoms with E-state index in [1.807, 2.05) is 19.1 Å². The summed E-state index contributed by atoms with van der Waals surface area (Å²) in [6.07, 6.45) is 4.74. The first-order valence-corrected chi connectivity index (χ1v) is 11.0. The number of benzene rings is 2. The zero-order valence-corrected chi connectivity index (χ0v) is 17.7. The smallest absolute Gasteiger partial charge is 0.162 e. The van der Waals surface area contributed by atoms with Crippen LogP contribution in [0.1, 0.15) is 62.8 Å². The zero-order chi connectivity index (χ0) is 20.1. The van der Waals surface area contributed by atoms with Crippen LogP contribution in [-0.4, -0.2) is 23.1 Å². The molecule has 3 nitrogen and oxygen atoms in total. The number of amidine groups is 1. The van der Waals surface area contributed by atoms with Crippen LogP contribution >= 0.6 is 0 Å². The summed E-state index contributed by atoms with van der Waals surface area (Å²) in [6, 6.07) is 11.1. The summed E-state index contributed by atoms with van der Waals surface area (Å²) >= 11 is 0. The fourth-order valence-corrected chi connectivity index (χ4v) is 5.89. The van der Waals surface area contributed by atoms with Gasteiger partial charge in [-0.3, -0.25) is 5.01 Å². The van der Waals surface area contributed by atoms with Gasteiger partial charge in [0.1, 0.15) is 11.8 Å². The zero-order valence-electron chi connectivity index (χ0n) is 17.7. The van der Waals surface area contributed by atoms with Crippen LogP contribution in [-0.2, 0) is 18.5 Å². The standard InChI is InChI=1S/C25H28FN3/c1-14(2)29-24-15(3)25(4,26)21-11-7-10-18-19-12-16-8-5-6-9-17(16)13-20(19)23(27-29)28(24)22(18)21/h7,10-15,24H,5-6,8-9H2,1-4H3. The molecule has 0 bridgehead atoms. The number of alkyl halides is 1. The summed E-state index contributed by atoms with van der Waals surface area (Å²) in [7, 11) is 0. The first kappa shape index (κ1) is 17.5. The Hall–Kier alpha value is -2.36. The van der Waals surface area contributed by atoms with Crippen molar-refractivity contribution in [3.05, 3.63) is 52.6 Å². The van der Waals surface area contributed by atoms with Crippen molar-refractivity contribution < 1.29 is 4.39 Å². The van der Waals surface area contributed by atoms with Crippen molar-refractivity contribution in [3.63, 3.8) is 0 Å². The average Bonchev–Trinajstić information content (AvgIpc) is 3.12. The largest absolute Gasteiger partial charge is 0.301 e. The maximum absolute atomic E-state index is 16.2. The van der Waals surface area contributed by atoms with Crippen LogP contribution < -0.4 is 4.90 Å². The minimum absolute atomic E-state index is 0.0853. The van der Waals surface area contributed by atoms with E-state index in [9.17, 15) is 0 Å². The van der Waals surface area contributed by atoms with Crippen LogP contribution in [0.3, 0.4) is 0 Å². The molecule has 0 saturated carbocycles. The van der Waals surface area contributed by atoms with E-state index in [2.05, 4.69) is 42.0 Å². The molecular formula is C25H28FN3. The lowest BCUT2D eigenvalue weighted by Gasteiger charge is -2.49. The Bertz CT molecular complexity index is 1070. The topological polar surface area (TPSA) is 18.8 Å². The lowest BCUT2D eigenvalue weighted by Crippen LogP contribution is -2.57. The number of halogens is 1. The SMILES string of the molecule is CC(C)N1N=C2c3cc4c(cc3-c3cccc5c3N2C1C(C)C5(C)F)CCCC4. The van der Waals surface area contributed by atoms with E-state index >= 15 is 4.39 Å². The van der Waals surface area contributed by atoms with Crippen molar-refractivity contribution in [2.75, 3.05) is 4.90 Å². The van der Waals surface area contributed by atoms with Gasteiger partial charge in [0.2, 0.25) is 0 Å². The maximum Gasteiger partial charge on any atom is 0.162 e. The second-order valence-corrected chi connectivity index (χ2v) is 9.62. The minimum atomic E-state index is -1.39. The molecule has 4 aliphatic rings. The Morgan fingerprint density at radius 1 is 1.07 bits per heavy atom. The number of hydrazone groups is 1. The first-order chi connectivity index (χ1) is 13.9. The molecule has 1 aliphatic carbocycles. The summed E-state index contributed by atoms with van der Waals surface area (Å²) in [4.78, 5) is 2.34. The van der Waals surface area contributed by atoms with Crippen molar-refractivity contribution in [3.8, 4) is 11.1 Å². The molecule has 4 heteroatoms. The van der Waals surface area contributed by atoms with E-state index in [-0.39, 0.29) is 18.1 Å². The molecule has 0 saturated heterocycles. The van der Waals surface area contributed by atoms with Crippen LogP contribution in [0.4, 0.5) is 10.1 Å². The van der Waals surface area contributed by atoms with Gasteiger partial charge in [-0.1, -0.05) is 31.2 Å². The van der Waals surface area contributed by atoms with Gasteiger partial charge >= 0.3 is 0 Å². The minimum Gasteiger partial charge on any atom is -0.301 e. The van der Waals surface area contributed by atoms with Crippen molar-refractivity contribution in [2.45, 2.75) is 71.3 Å². The van der Waals surface area contributed by atoms with E-state index < -0.39 is 5.67 Å². The molecule has 29 heavy (non-hydrogen) atoms. The number of aryl methyl sites for hydroxylation is 2. The molecule has 0 radical (unpaired) electrons. The molecule has 2 aromatic carbocycles. The number of hydrogen-bond acceptors (Lipinski definition) is 3. The predicted molar refractivity (Wildman–Crippen MR) is 116 cm³/mol. The van der Waals surface area contributed by atoms with Crippen molar-refractivity contribution in [2.24, 2.45) is 11.0 Å². The predicted octanol–water partition coefficient (Wildman–Crippen LogP) is 5.60. The highest BCUT2D eigenvalue weighted by Crippen LogP contribution is 2.56. The highest BCUT2D eigenvalue weighted by Gasteiger charge is 2.55. The van der Waals surface area contributed by atoms with Gasteiger partial charge in [0.05, 0.1) is 5.69 Å². The molecular weight excluding hydrogens is 361 g/mol. The maximum atomic E-state index is 16.2. The number of anilines is 1. The summed E-state index contributed by atoms with van der Waals surface area (Å²) in [5, 5.41) is 7.24. The fourth-order valence-electron chi connectivity index (χ4n) is 5.89. The molecule has 0 spiro atoms. The molecule has 0 amide bonds. The average molecular weight is 390 g/mol. The quantitative estimate of drug-likeness (QED) is 0.632. The third-order valence-electron chi connectivity index (χ3n) is 7.62. The van der Waals surface area contributed by atoms with Crippen molar-refractivity contribution in [1.29, 1.82) is 0 Å². The lowest BCUT2D eigenvalue weighted by molar-refractivity contribution is 0.0226. The molecule has 6 rings (SSSR count). The van der Waals surface area contributed by atoms with Gasteiger partial charge < -0.3 is 4.90 Å². The van der Waals surface area contributed by atoms with Gasteiger partial charge in [-0.25, -0.2) is 4.39 Å². The van der Waals surface area contributed by atoms with Crippen LogP contribution in [0.2, 0.25) is 0 Å². The van der Waals surface area contributed by atoms with Gasteiger partial charge in [0.25, 0.3) is 0 Å². The number of hydrogen-bond donors (Lipinski definition) is 0. The third-order valence-corrected chi connectivity index (χ3v) is 7.62. The Kier molecular flexibility index (Phi) is 3.39. The number of fused-ring (bicyclic) bond motifs is 4. The van der Waals surface area contributed by atoms with Crippen LogP contribution in [0.5, 0.6) is 0 Å². The molecule has 0 N–H and O–H groups in total. The van der Waals surface area contributed by atoms with E-state index in [4.69, 9.17) is 5.10 Å². The summed E-state index contributed by atoms with van der Waals surface area (Å²) in [5.74, 6) is 0.822. The van der Waals surface area contributed by atoms with Gasteiger partial charge in [-0.2, -0.15) is 5.10 Å². The number of para-hydroxylation sites is 1. The molecule has 3 unspecified atom stereocenters. The van der Waals surface area contributed by atoms with Crippen molar-refractivity contribution in [1.82, 2.24) is 5.01 Å². The Labute approximate surface area is 172 Å². The molecule has 3 heterocycles. The van der Waals surface area contributed by atoms with Gasteiger partial charge in [0, 0.05) is 28.7 Å². The molecule has 2 aromatic rings. The third kappa shape index (κ3) is 2.10. The Morgan fingerprint density at radius 3 is 2.45 bits per heavy atom. The summed E-state index contributed by atoms with van der Waals surface area (Å²) < 4.78 is 16.2. The number of rotatable bonds is 1. The molecule has 150 valence electrons. The summed E-state index contributed by atoms with van der Waals surface area (Å²) in [6.45, 7) is 8.10. The van der Waals surface area contributed by atoms with Gasteiger partial charge in [-0.15, -0.1) is 0 Å². The molecule has 0 aromatic heterocycles. The van der Waals surface area contributed by atoms with Crippen LogP contribution in [0, 0.1) is 5.92 Å². The molecule has 3 atom stereocenters. The second kappa shape index (κ2) is 5.62. The van der Waals surface area contributed by atoms with E-state index in [1.165, 1.54) is 35.1 Å². The highest BCUT2D eigenvalue weighted by atomic mass is 19.1. The van der Waals surface area contributed by atoms with Gasteiger partial charge in [-0.05, 0) is 69.2 Å². The number of nitrogens with zero attached hydrogens (tertiary/aromatic N) is 3. The summed E-state index contributed by atoms with van der Waals surface area (Å²) in [5.41, 5.74) is 6.99. The van der Waals surface area contributed by atoms with E-state index in [1.54, 1.807) is 6.92 Å². The molecule has 0 fully saturated rings.